The average molecular weight is 233 g/mol. The molecule has 0 radical (unpaired) electrons. The van der Waals surface area contributed by atoms with Crippen molar-refractivity contribution in [3.05, 3.63) is 11.9 Å². The molecule has 0 aromatic carbocycles. The van der Waals surface area contributed by atoms with Crippen LogP contribution < -0.4 is 10.6 Å². The van der Waals surface area contributed by atoms with Gasteiger partial charge in [-0.1, -0.05) is 0 Å². The third-order valence-electron chi connectivity index (χ3n) is 3.84. The van der Waals surface area contributed by atoms with Gasteiger partial charge in [-0.05, 0) is 25.8 Å². The Hall–Kier alpha value is -1.36. The summed E-state index contributed by atoms with van der Waals surface area (Å²) in [6, 6.07) is 1.89. The standard InChI is InChI=1S/C12H19N5/c1-8-14-11(13)3-12(15-8)17-6-9-4-16(2)5-10(9)7-17/h3,9-10H,4-7H2,1-2H3,(H2,13,14,15)/t9-,10-/m0/s1. The fraction of sp³-hybridized carbons (Fsp3) is 0.667. The molecule has 2 aliphatic heterocycles. The molecule has 92 valence electrons. The molecule has 17 heavy (non-hydrogen) atoms. The maximum absolute atomic E-state index is 5.78. The molecule has 0 amide bonds. The Morgan fingerprint density at radius 2 is 1.82 bits per heavy atom. The second-order valence-corrected chi connectivity index (χ2v) is 5.34. The number of hydrogen-bond donors (Lipinski definition) is 1. The molecule has 5 heteroatoms. The van der Waals surface area contributed by atoms with E-state index in [1.807, 2.05) is 13.0 Å². The predicted molar refractivity (Wildman–Crippen MR) is 67.9 cm³/mol. The summed E-state index contributed by atoms with van der Waals surface area (Å²) in [5.41, 5.74) is 5.78. The minimum atomic E-state index is 0.571. The summed E-state index contributed by atoms with van der Waals surface area (Å²) in [5.74, 6) is 3.90. The van der Waals surface area contributed by atoms with Crippen LogP contribution in [0.5, 0.6) is 0 Å². The van der Waals surface area contributed by atoms with Gasteiger partial charge in [-0.15, -0.1) is 0 Å². The van der Waals surface area contributed by atoms with Crippen molar-refractivity contribution in [1.29, 1.82) is 0 Å². The van der Waals surface area contributed by atoms with E-state index < -0.39 is 0 Å². The molecule has 2 atom stereocenters. The highest BCUT2D eigenvalue weighted by Crippen LogP contribution is 2.32. The van der Waals surface area contributed by atoms with E-state index in [0.29, 0.717) is 5.82 Å². The van der Waals surface area contributed by atoms with Crippen molar-refractivity contribution >= 4 is 11.6 Å². The van der Waals surface area contributed by atoms with E-state index in [4.69, 9.17) is 5.73 Å². The summed E-state index contributed by atoms with van der Waals surface area (Å²) >= 11 is 0. The van der Waals surface area contributed by atoms with Gasteiger partial charge in [0.15, 0.2) is 0 Å². The molecule has 2 saturated heterocycles. The summed E-state index contributed by atoms with van der Waals surface area (Å²) in [6.07, 6.45) is 0. The predicted octanol–water partition coefficient (Wildman–Crippen LogP) is 0.365. The van der Waals surface area contributed by atoms with Gasteiger partial charge < -0.3 is 15.5 Å². The van der Waals surface area contributed by atoms with E-state index in [1.54, 1.807) is 0 Å². The number of likely N-dealkylation sites (tertiary alicyclic amines) is 1. The lowest BCUT2D eigenvalue weighted by atomic mass is 10.0. The van der Waals surface area contributed by atoms with Gasteiger partial charge in [-0.3, -0.25) is 0 Å². The van der Waals surface area contributed by atoms with Crippen molar-refractivity contribution in [3.8, 4) is 0 Å². The molecule has 0 aliphatic carbocycles. The minimum absolute atomic E-state index is 0.571. The van der Waals surface area contributed by atoms with Crippen LogP contribution in [-0.4, -0.2) is 48.1 Å². The van der Waals surface area contributed by atoms with E-state index in [2.05, 4.69) is 26.8 Å². The molecule has 0 saturated carbocycles. The Morgan fingerprint density at radius 1 is 1.18 bits per heavy atom. The highest BCUT2D eigenvalue weighted by Gasteiger charge is 2.39. The van der Waals surface area contributed by atoms with E-state index in [0.717, 1.165) is 36.6 Å². The lowest BCUT2D eigenvalue weighted by Crippen LogP contribution is -2.27. The topological polar surface area (TPSA) is 58.3 Å². The lowest BCUT2D eigenvalue weighted by molar-refractivity contribution is 0.387. The molecule has 5 nitrogen and oxygen atoms in total. The Labute approximate surface area is 102 Å². The lowest BCUT2D eigenvalue weighted by Gasteiger charge is -2.20. The van der Waals surface area contributed by atoms with Gasteiger partial charge in [-0.25, -0.2) is 9.97 Å². The summed E-state index contributed by atoms with van der Waals surface area (Å²) in [4.78, 5) is 13.4. The normalized spacial score (nSPS) is 28.7. The zero-order valence-corrected chi connectivity index (χ0v) is 10.4. The third-order valence-corrected chi connectivity index (χ3v) is 3.84. The van der Waals surface area contributed by atoms with E-state index >= 15 is 0 Å². The summed E-state index contributed by atoms with van der Waals surface area (Å²) < 4.78 is 0. The zero-order chi connectivity index (χ0) is 12.0. The summed E-state index contributed by atoms with van der Waals surface area (Å²) in [7, 11) is 2.20. The fourth-order valence-electron chi connectivity index (χ4n) is 3.15. The largest absolute Gasteiger partial charge is 0.384 e. The van der Waals surface area contributed by atoms with Crippen molar-refractivity contribution in [2.75, 3.05) is 43.9 Å². The highest BCUT2D eigenvalue weighted by molar-refractivity contribution is 5.48. The molecule has 3 rings (SSSR count). The second-order valence-electron chi connectivity index (χ2n) is 5.34. The number of fused-ring (bicyclic) bond motifs is 1. The molecule has 1 aromatic rings. The van der Waals surface area contributed by atoms with Gasteiger partial charge >= 0.3 is 0 Å². The van der Waals surface area contributed by atoms with Gasteiger partial charge in [0.2, 0.25) is 0 Å². The van der Waals surface area contributed by atoms with Crippen LogP contribution in [0, 0.1) is 18.8 Å². The minimum Gasteiger partial charge on any atom is -0.384 e. The quantitative estimate of drug-likeness (QED) is 0.759. The fourth-order valence-corrected chi connectivity index (χ4v) is 3.15. The van der Waals surface area contributed by atoms with Gasteiger partial charge in [0.1, 0.15) is 17.5 Å². The first kappa shape index (κ1) is 10.8. The van der Waals surface area contributed by atoms with E-state index in [-0.39, 0.29) is 0 Å². The SMILES string of the molecule is Cc1nc(N)cc(N2C[C@@H]3CN(C)C[C@H]3C2)n1. The van der Waals surface area contributed by atoms with E-state index in [9.17, 15) is 0 Å². The monoisotopic (exact) mass is 233 g/mol. The zero-order valence-electron chi connectivity index (χ0n) is 10.4. The molecule has 1 aromatic heterocycles. The molecule has 2 fully saturated rings. The van der Waals surface area contributed by atoms with Gasteiger partial charge in [0, 0.05) is 32.2 Å². The van der Waals surface area contributed by atoms with Crippen molar-refractivity contribution in [3.63, 3.8) is 0 Å². The Bertz CT molecular complexity index is 399. The Kier molecular flexibility index (Phi) is 2.43. The van der Waals surface area contributed by atoms with Crippen LogP contribution in [0.15, 0.2) is 6.07 Å². The van der Waals surface area contributed by atoms with Crippen LogP contribution in [0.25, 0.3) is 0 Å². The second kappa shape index (κ2) is 3.84. The van der Waals surface area contributed by atoms with Crippen molar-refractivity contribution < 1.29 is 0 Å². The summed E-state index contributed by atoms with van der Waals surface area (Å²) in [6.45, 7) is 6.52. The third kappa shape index (κ3) is 1.95. The highest BCUT2D eigenvalue weighted by atomic mass is 15.3. The molecule has 0 spiro atoms. The maximum Gasteiger partial charge on any atom is 0.134 e. The smallest absolute Gasteiger partial charge is 0.134 e. The summed E-state index contributed by atoms with van der Waals surface area (Å²) in [5, 5.41) is 0. The number of nitrogen functional groups attached to an aromatic ring is 1. The van der Waals surface area contributed by atoms with Crippen LogP contribution in [0.4, 0.5) is 11.6 Å². The molecule has 2 N–H and O–H groups in total. The average Bonchev–Trinajstić information content (AvgIpc) is 2.72. The van der Waals surface area contributed by atoms with E-state index in [1.165, 1.54) is 13.1 Å². The molecular formula is C12H19N5. The van der Waals surface area contributed by atoms with Gasteiger partial charge in [-0.2, -0.15) is 0 Å². The van der Waals surface area contributed by atoms with Crippen molar-refractivity contribution in [2.24, 2.45) is 11.8 Å². The number of anilines is 2. The van der Waals surface area contributed by atoms with Crippen LogP contribution in [0.3, 0.4) is 0 Å². The molecule has 2 aliphatic rings. The number of aryl methyl sites for hydroxylation is 1. The first-order chi connectivity index (χ1) is 8.11. The number of hydrogen-bond acceptors (Lipinski definition) is 5. The number of nitrogens with two attached hydrogens (primary N) is 1. The van der Waals surface area contributed by atoms with Gasteiger partial charge in [0.25, 0.3) is 0 Å². The van der Waals surface area contributed by atoms with Crippen molar-refractivity contribution in [1.82, 2.24) is 14.9 Å². The van der Waals surface area contributed by atoms with Crippen LogP contribution in [0.2, 0.25) is 0 Å². The number of aromatic nitrogens is 2. The first-order valence-corrected chi connectivity index (χ1v) is 6.16. The van der Waals surface area contributed by atoms with Crippen LogP contribution in [0.1, 0.15) is 5.82 Å². The van der Waals surface area contributed by atoms with Crippen molar-refractivity contribution in [2.45, 2.75) is 6.92 Å². The Balaban J connectivity index is 1.79. The maximum atomic E-state index is 5.78. The van der Waals surface area contributed by atoms with Crippen LogP contribution in [-0.2, 0) is 0 Å². The molecular weight excluding hydrogens is 214 g/mol. The van der Waals surface area contributed by atoms with Crippen LogP contribution >= 0.6 is 0 Å². The molecule has 0 bridgehead atoms. The first-order valence-electron chi connectivity index (χ1n) is 6.16. The van der Waals surface area contributed by atoms with Gasteiger partial charge in [0.05, 0.1) is 0 Å². The Morgan fingerprint density at radius 3 is 2.41 bits per heavy atom. The molecule has 0 unspecified atom stereocenters. The number of nitrogens with zero attached hydrogens (tertiary/aromatic N) is 4. The molecule has 3 heterocycles. The number of rotatable bonds is 1.